The normalized spacial score (nSPS) is 14.6. The van der Waals surface area contributed by atoms with Crippen molar-refractivity contribution in [2.75, 3.05) is 13.1 Å². The van der Waals surface area contributed by atoms with Crippen LogP contribution >= 0.6 is 24.0 Å². The number of hydrogen-bond acceptors (Lipinski definition) is 4. The summed E-state index contributed by atoms with van der Waals surface area (Å²) in [5, 5.41) is 9.55. The Labute approximate surface area is 195 Å². The molecule has 3 N–H and O–H groups in total. The molecule has 1 aliphatic rings. The molecule has 0 aliphatic heterocycles. The Morgan fingerprint density at radius 1 is 1.17 bits per heavy atom. The Kier molecular flexibility index (Phi) is 10.7. The smallest absolute Gasteiger partial charge is 0.226 e. The third kappa shape index (κ3) is 7.97. The van der Waals surface area contributed by atoms with E-state index in [2.05, 4.69) is 25.9 Å². The summed E-state index contributed by atoms with van der Waals surface area (Å²) in [6.45, 7) is 3.70. The molecule has 0 bridgehead atoms. The number of carbonyl (C=O) groups is 1. The van der Waals surface area contributed by atoms with Crippen LogP contribution in [0.5, 0.6) is 0 Å². The molecule has 0 spiro atoms. The summed E-state index contributed by atoms with van der Waals surface area (Å²) in [5.74, 6) is 1.36. The second-order valence-electron chi connectivity index (χ2n) is 7.28. The van der Waals surface area contributed by atoms with Crippen molar-refractivity contribution < 1.29 is 9.21 Å². The molecule has 2 aromatic rings. The van der Waals surface area contributed by atoms with Gasteiger partial charge < -0.3 is 20.4 Å². The number of rotatable bonds is 8. The van der Waals surface area contributed by atoms with Crippen LogP contribution in [-0.2, 0) is 11.3 Å². The van der Waals surface area contributed by atoms with Gasteiger partial charge in [0.1, 0.15) is 12.0 Å². The lowest BCUT2D eigenvalue weighted by molar-refractivity contribution is -0.121. The van der Waals surface area contributed by atoms with Crippen LogP contribution in [0.1, 0.15) is 51.1 Å². The average Bonchev–Trinajstić information content (AvgIpc) is 3.22. The summed E-state index contributed by atoms with van der Waals surface area (Å²) in [7, 11) is 0. The molecule has 30 heavy (non-hydrogen) atoms. The van der Waals surface area contributed by atoms with Gasteiger partial charge in [-0.15, -0.1) is 24.0 Å². The van der Waals surface area contributed by atoms with Gasteiger partial charge in [0.15, 0.2) is 5.96 Å². The maximum absolute atomic E-state index is 12.1. The number of guanidine groups is 1. The molecule has 1 heterocycles. The Morgan fingerprint density at radius 3 is 2.67 bits per heavy atom. The van der Waals surface area contributed by atoms with E-state index in [0.29, 0.717) is 37.4 Å². The number of aromatic nitrogens is 1. The number of oxazole rings is 1. The summed E-state index contributed by atoms with van der Waals surface area (Å²) >= 11 is 0. The first-order valence-corrected chi connectivity index (χ1v) is 10.6. The Morgan fingerprint density at radius 2 is 1.93 bits per heavy atom. The van der Waals surface area contributed by atoms with E-state index in [4.69, 9.17) is 4.42 Å². The van der Waals surface area contributed by atoms with Crippen LogP contribution in [0, 0.1) is 0 Å². The van der Waals surface area contributed by atoms with E-state index in [9.17, 15) is 4.79 Å². The fourth-order valence-electron chi connectivity index (χ4n) is 3.44. The topological polar surface area (TPSA) is 91.6 Å². The maximum atomic E-state index is 12.1. The lowest BCUT2D eigenvalue weighted by atomic mass is 9.95. The number of benzene rings is 1. The van der Waals surface area contributed by atoms with Crippen LogP contribution < -0.4 is 16.0 Å². The van der Waals surface area contributed by atoms with Gasteiger partial charge in [-0.2, -0.15) is 0 Å². The molecular formula is C22H32IN5O2. The number of hydrogen-bond donors (Lipinski definition) is 3. The van der Waals surface area contributed by atoms with Crippen LogP contribution in [0.25, 0.3) is 11.5 Å². The molecule has 1 aliphatic carbocycles. The molecule has 0 saturated heterocycles. The first-order chi connectivity index (χ1) is 14.2. The van der Waals surface area contributed by atoms with Crippen molar-refractivity contribution >= 4 is 35.8 Å². The third-order valence-electron chi connectivity index (χ3n) is 4.93. The van der Waals surface area contributed by atoms with Crippen molar-refractivity contribution in [3.63, 3.8) is 0 Å². The van der Waals surface area contributed by atoms with Crippen molar-refractivity contribution in [1.82, 2.24) is 20.9 Å². The maximum Gasteiger partial charge on any atom is 0.226 e. The van der Waals surface area contributed by atoms with E-state index in [-0.39, 0.29) is 29.9 Å². The highest BCUT2D eigenvalue weighted by molar-refractivity contribution is 14.0. The summed E-state index contributed by atoms with van der Waals surface area (Å²) in [6, 6.07) is 10.1. The molecular weight excluding hydrogens is 493 g/mol. The Hall–Kier alpha value is -2.10. The fourth-order valence-corrected chi connectivity index (χ4v) is 3.44. The van der Waals surface area contributed by atoms with E-state index in [1.807, 2.05) is 37.3 Å². The van der Waals surface area contributed by atoms with Crippen LogP contribution in [0.3, 0.4) is 0 Å². The van der Waals surface area contributed by atoms with Gasteiger partial charge in [0.05, 0.1) is 6.54 Å². The highest BCUT2D eigenvalue weighted by Crippen LogP contribution is 2.18. The molecule has 0 radical (unpaired) electrons. The zero-order valence-corrected chi connectivity index (χ0v) is 19.9. The van der Waals surface area contributed by atoms with Gasteiger partial charge in [-0.3, -0.25) is 4.79 Å². The number of amides is 1. The second-order valence-corrected chi connectivity index (χ2v) is 7.28. The SMILES string of the molecule is CCNC(=NCc1coc(-c2ccccc2)n1)NCCC(=O)NC1CCCCC1.I. The van der Waals surface area contributed by atoms with Crippen molar-refractivity contribution in [3.05, 3.63) is 42.3 Å². The predicted octanol–water partition coefficient (Wildman–Crippen LogP) is 3.85. The van der Waals surface area contributed by atoms with Gasteiger partial charge in [-0.25, -0.2) is 9.98 Å². The summed E-state index contributed by atoms with van der Waals surface area (Å²) in [4.78, 5) is 21.2. The highest BCUT2D eigenvalue weighted by atomic mass is 127. The van der Waals surface area contributed by atoms with E-state index < -0.39 is 0 Å². The van der Waals surface area contributed by atoms with Gasteiger partial charge in [0.2, 0.25) is 11.8 Å². The molecule has 8 heteroatoms. The number of halogens is 1. The molecule has 1 aromatic carbocycles. The number of nitrogens with one attached hydrogen (secondary N) is 3. The van der Waals surface area contributed by atoms with Crippen molar-refractivity contribution in [3.8, 4) is 11.5 Å². The molecule has 3 rings (SSSR count). The van der Waals surface area contributed by atoms with Crippen LogP contribution in [0.2, 0.25) is 0 Å². The zero-order valence-electron chi connectivity index (χ0n) is 17.5. The summed E-state index contributed by atoms with van der Waals surface area (Å²) < 4.78 is 5.55. The van der Waals surface area contributed by atoms with E-state index >= 15 is 0 Å². The lowest BCUT2D eigenvalue weighted by Crippen LogP contribution is -2.41. The minimum atomic E-state index is 0. The molecule has 1 saturated carbocycles. The zero-order chi connectivity index (χ0) is 20.3. The first-order valence-electron chi connectivity index (χ1n) is 10.6. The molecule has 1 aromatic heterocycles. The minimum absolute atomic E-state index is 0. The monoisotopic (exact) mass is 525 g/mol. The van der Waals surface area contributed by atoms with Gasteiger partial charge >= 0.3 is 0 Å². The van der Waals surface area contributed by atoms with Crippen LogP contribution in [-0.4, -0.2) is 36.0 Å². The standard InChI is InChI=1S/C22H31N5O2.HI/c1-2-23-22(24-14-13-20(28)26-18-11-7-4-8-12-18)25-15-19-16-29-21(27-19)17-9-5-3-6-10-17;/h3,5-6,9-10,16,18H,2,4,7-8,11-15H2,1H3,(H,26,28)(H2,23,24,25);1H. The Bertz CT molecular complexity index is 788. The number of carbonyl (C=O) groups excluding carboxylic acids is 1. The Balaban J connectivity index is 0.00000320. The molecule has 0 atom stereocenters. The number of aliphatic imine (C=N–C) groups is 1. The molecule has 0 unspecified atom stereocenters. The van der Waals surface area contributed by atoms with Gasteiger partial charge in [0.25, 0.3) is 0 Å². The lowest BCUT2D eigenvalue weighted by Gasteiger charge is -2.22. The van der Waals surface area contributed by atoms with Gasteiger partial charge in [0, 0.05) is 31.1 Å². The van der Waals surface area contributed by atoms with Crippen LogP contribution in [0.4, 0.5) is 0 Å². The van der Waals surface area contributed by atoms with E-state index in [1.165, 1.54) is 19.3 Å². The number of nitrogens with zero attached hydrogens (tertiary/aromatic N) is 2. The van der Waals surface area contributed by atoms with Crippen LogP contribution in [0.15, 0.2) is 46.0 Å². The third-order valence-corrected chi connectivity index (χ3v) is 4.93. The largest absolute Gasteiger partial charge is 0.444 e. The van der Waals surface area contributed by atoms with E-state index in [0.717, 1.165) is 30.6 Å². The molecule has 1 amide bonds. The fraction of sp³-hybridized carbons (Fsp3) is 0.500. The first kappa shape index (κ1) is 24.2. The quantitative estimate of drug-likeness (QED) is 0.277. The minimum Gasteiger partial charge on any atom is -0.444 e. The van der Waals surface area contributed by atoms with Crippen molar-refractivity contribution in [2.45, 2.75) is 58.0 Å². The van der Waals surface area contributed by atoms with Crippen molar-refractivity contribution in [2.24, 2.45) is 4.99 Å². The molecule has 1 fully saturated rings. The van der Waals surface area contributed by atoms with Crippen molar-refractivity contribution in [1.29, 1.82) is 0 Å². The van der Waals surface area contributed by atoms with Gasteiger partial charge in [-0.1, -0.05) is 37.5 Å². The second kappa shape index (κ2) is 13.3. The van der Waals surface area contributed by atoms with Gasteiger partial charge in [-0.05, 0) is 31.9 Å². The molecule has 164 valence electrons. The predicted molar refractivity (Wildman–Crippen MR) is 130 cm³/mol. The molecule has 7 nitrogen and oxygen atoms in total. The summed E-state index contributed by atoms with van der Waals surface area (Å²) in [5.41, 5.74) is 1.70. The average molecular weight is 525 g/mol. The highest BCUT2D eigenvalue weighted by Gasteiger charge is 2.15. The summed E-state index contributed by atoms with van der Waals surface area (Å²) in [6.07, 6.45) is 7.99. The van der Waals surface area contributed by atoms with E-state index in [1.54, 1.807) is 6.26 Å².